The van der Waals surface area contributed by atoms with E-state index in [9.17, 15) is 19.8 Å². The summed E-state index contributed by atoms with van der Waals surface area (Å²) in [7, 11) is 0. The molecule has 3 N–H and O–H groups in total. The van der Waals surface area contributed by atoms with E-state index in [1.807, 2.05) is 6.08 Å². The topological polar surface area (TPSA) is 95.9 Å². The van der Waals surface area contributed by atoms with E-state index < -0.39 is 12.1 Å². The van der Waals surface area contributed by atoms with Gasteiger partial charge in [-0.3, -0.25) is 9.59 Å². The van der Waals surface area contributed by atoms with E-state index in [2.05, 4.69) is 43.5 Å². The molecule has 2 unspecified atom stereocenters. The molecule has 0 saturated heterocycles. The summed E-state index contributed by atoms with van der Waals surface area (Å²) in [5.41, 5.74) is 0. The van der Waals surface area contributed by atoms with Crippen LogP contribution in [0.4, 0.5) is 0 Å². The van der Waals surface area contributed by atoms with E-state index in [-0.39, 0.29) is 18.5 Å². The van der Waals surface area contributed by atoms with Crippen molar-refractivity contribution in [2.75, 3.05) is 13.2 Å². The van der Waals surface area contributed by atoms with Crippen molar-refractivity contribution in [2.24, 2.45) is 0 Å². The van der Waals surface area contributed by atoms with Gasteiger partial charge in [-0.2, -0.15) is 0 Å². The summed E-state index contributed by atoms with van der Waals surface area (Å²) >= 11 is 0. The molecular weight excluding hydrogens is 1040 g/mol. The predicted molar refractivity (Wildman–Crippen MR) is 375 cm³/mol. The average molecular weight is 1200 g/mol. The van der Waals surface area contributed by atoms with Gasteiger partial charge in [0, 0.05) is 12.8 Å². The summed E-state index contributed by atoms with van der Waals surface area (Å²) in [4.78, 5) is 24.6. The maximum atomic E-state index is 12.5. The van der Waals surface area contributed by atoms with Crippen molar-refractivity contribution in [3.05, 3.63) is 36.5 Å². The molecule has 0 aliphatic carbocycles. The summed E-state index contributed by atoms with van der Waals surface area (Å²) in [5, 5.41) is 23.3. The second-order valence-corrected chi connectivity index (χ2v) is 26.7. The van der Waals surface area contributed by atoms with Crippen molar-refractivity contribution in [1.29, 1.82) is 0 Å². The summed E-state index contributed by atoms with van der Waals surface area (Å²) in [5.74, 6) is -0.0471. The summed E-state index contributed by atoms with van der Waals surface area (Å²) in [6, 6.07) is -0.626. The van der Waals surface area contributed by atoms with Crippen LogP contribution < -0.4 is 5.32 Å². The lowest BCUT2D eigenvalue weighted by atomic mass is 10.0. The number of ether oxygens (including phenoxy) is 1. The minimum atomic E-state index is -0.843. The highest BCUT2D eigenvalue weighted by molar-refractivity contribution is 5.76. The van der Waals surface area contributed by atoms with Crippen molar-refractivity contribution in [3.63, 3.8) is 0 Å². The molecule has 0 bridgehead atoms. The van der Waals surface area contributed by atoms with Gasteiger partial charge in [-0.1, -0.05) is 391 Å². The standard InChI is InChI=1S/C79H151NO5/c1-3-5-7-9-11-13-15-17-19-21-22-33-36-40-43-47-51-55-59-63-67-71-77(82)76(75-81)80-78(83)72-68-64-60-56-52-48-44-41-37-34-31-29-27-25-23-24-26-28-30-32-35-38-42-46-50-54-58-62-66-70-74-85-79(84)73-69-65-61-57-53-49-45-39-20-18-16-14-12-10-8-6-4-2/h12,14,18,20,67,71,76-77,81-82H,3-11,13,15-17,19,21-66,68-70,72-75H2,1-2H3,(H,80,83)/b14-12-,20-18-,71-67+. The molecule has 2 atom stereocenters. The number of hydrogen-bond donors (Lipinski definition) is 3. The fraction of sp³-hybridized carbons (Fsp3) is 0.899. The number of nitrogens with one attached hydrogen (secondary N) is 1. The van der Waals surface area contributed by atoms with E-state index in [1.54, 1.807) is 6.08 Å². The third kappa shape index (κ3) is 71.0. The minimum absolute atomic E-state index is 0.0127. The maximum Gasteiger partial charge on any atom is 0.305 e. The Morgan fingerprint density at radius 1 is 0.329 bits per heavy atom. The Hall–Kier alpha value is -1.92. The number of carbonyl (C=O) groups is 2. The van der Waals surface area contributed by atoms with Gasteiger partial charge in [0.15, 0.2) is 0 Å². The molecule has 0 rings (SSSR count). The largest absolute Gasteiger partial charge is 0.466 e. The number of unbranched alkanes of at least 4 members (excludes halogenated alkanes) is 58. The lowest BCUT2D eigenvalue weighted by Crippen LogP contribution is -2.45. The molecule has 0 aromatic heterocycles. The van der Waals surface area contributed by atoms with Crippen LogP contribution in [0.1, 0.15) is 431 Å². The predicted octanol–water partition coefficient (Wildman–Crippen LogP) is 25.4. The molecule has 1 amide bonds. The van der Waals surface area contributed by atoms with Crippen LogP contribution in [0.2, 0.25) is 0 Å². The van der Waals surface area contributed by atoms with Gasteiger partial charge in [0.25, 0.3) is 0 Å². The average Bonchev–Trinajstić information content (AvgIpc) is 3.51. The van der Waals surface area contributed by atoms with Gasteiger partial charge in [-0.25, -0.2) is 0 Å². The number of allylic oxidation sites excluding steroid dienone is 5. The summed E-state index contributed by atoms with van der Waals surface area (Å²) in [6.07, 6.45) is 96.8. The Bertz CT molecular complexity index is 1380. The molecular formula is C79H151NO5. The number of amides is 1. The summed E-state index contributed by atoms with van der Waals surface area (Å²) in [6.45, 7) is 4.92. The quantitative estimate of drug-likeness (QED) is 0.0320. The van der Waals surface area contributed by atoms with Gasteiger partial charge in [0.1, 0.15) is 0 Å². The zero-order chi connectivity index (χ0) is 61.3. The van der Waals surface area contributed by atoms with Crippen LogP contribution >= 0.6 is 0 Å². The van der Waals surface area contributed by atoms with Crippen molar-refractivity contribution in [1.82, 2.24) is 5.32 Å². The van der Waals surface area contributed by atoms with E-state index in [0.717, 1.165) is 51.4 Å². The van der Waals surface area contributed by atoms with Gasteiger partial charge >= 0.3 is 5.97 Å². The first-order chi connectivity index (χ1) is 42.0. The first-order valence-electron chi connectivity index (χ1n) is 38.8. The Morgan fingerprint density at radius 3 is 0.918 bits per heavy atom. The third-order valence-corrected chi connectivity index (χ3v) is 18.2. The van der Waals surface area contributed by atoms with Crippen molar-refractivity contribution >= 4 is 11.9 Å². The Morgan fingerprint density at radius 2 is 0.588 bits per heavy atom. The first-order valence-corrected chi connectivity index (χ1v) is 38.8. The van der Waals surface area contributed by atoms with Crippen LogP contribution in [-0.2, 0) is 14.3 Å². The van der Waals surface area contributed by atoms with Crippen molar-refractivity contribution in [2.45, 2.75) is 443 Å². The molecule has 502 valence electrons. The molecule has 6 heteroatoms. The van der Waals surface area contributed by atoms with Gasteiger partial charge in [-0.05, 0) is 64.2 Å². The van der Waals surface area contributed by atoms with Gasteiger partial charge in [0.2, 0.25) is 5.91 Å². The zero-order valence-electron chi connectivity index (χ0n) is 57.6. The van der Waals surface area contributed by atoms with Gasteiger partial charge < -0.3 is 20.3 Å². The normalized spacial score (nSPS) is 12.7. The van der Waals surface area contributed by atoms with Crippen LogP contribution in [0, 0.1) is 0 Å². The molecule has 85 heavy (non-hydrogen) atoms. The SMILES string of the molecule is CCCCC/C=C\C/C=C\CCCCCCCCCC(=O)OCCCCCCCCCCCCCCCCCCCCCCCCCCCCCCCCC(=O)NC(CO)C(O)/C=C/CCCCCCCCCCCCCCCCCCCCC. The molecule has 0 heterocycles. The molecule has 0 fully saturated rings. The maximum absolute atomic E-state index is 12.5. The number of carbonyl (C=O) groups excluding carboxylic acids is 2. The Balaban J connectivity index is 3.36. The fourth-order valence-electron chi connectivity index (χ4n) is 12.3. The van der Waals surface area contributed by atoms with Crippen LogP contribution in [0.5, 0.6) is 0 Å². The monoisotopic (exact) mass is 1190 g/mol. The molecule has 0 spiro atoms. The number of hydrogen-bond acceptors (Lipinski definition) is 5. The lowest BCUT2D eigenvalue weighted by molar-refractivity contribution is -0.143. The molecule has 6 nitrogen and oxygen atoms in total. The number of aliphatic hydroxyl groups excluding tert-OH is 2. The zero-order valence-corrected chi connectivity index (χ0v) is 57.6. The number of esters is 1. The van der Waals surface area contributed by atoms with E-state index >= 15 is 0 Å². The lowest BCUT2D eigenvalue weighted by Gasteiger charge is -2.20. The van der Waals surface area contributed by atoms with Crippen LogP contribution in [0.15, 0.2) is 36.5 Å². The van der Waals surface area contributed by atoms with E-state index in [4.69, 9.17) is 4.74 Å². The van der Waals surface area contributed by atoms with E-state index in [0.29, 0.717) is 19.4 Å². The highest BCUT2D eigenvalue weighted by Crippen LogP contribution is 2.20. The third-order valence-electron chi connectivity index (χ3n) is 18.2. The highest BCUT2D eigenvalue weighted by Gasteiger charge is 2.18. The second-order valence-electron chi connectivity index (χ2n) is 26.7. The molecule has 0 saturated carbocycles. The Labute approximate surface area is 532 Å². The van der Waals surface area contributed by atoms with Crippen LogP contribution in [0.25, 0.3) is 0 Å². The van der Waals surface area contributed by atoms with E-state index in [1.165, 1.54) is 353 Å². The summed E-state index contributed by atoms with van der Waals surface area (Å²) < 4.78 is 5.50. The molecule has 0 aliphatic heterocycles. The van der Waals surface area contributed by atoms with Gasteiger partial charge in [-0.15, -0.1) is 0 Å². The number of aliphatic hydroxyl groups is 2. The minimum Gasteiger partial charge on any atom is -0.466 e. The second kappa shape index (κ2) is 74.5. The highest BCUT2D eigenvalue weighted by atomic mass is 16.5. The van der Waals surface area contributed by atoms with Crippen LogP contribution in [-0.4, -0.2) is 47.4 Å². The number of rotatable bonds is 73. The molecule has 0 aromatic rings. The fourth-order valence-corrected chi connectivity index (χ4v) is 12.3. The molecule has 0 aliphatic rings. The van der Waals surface area contributed by atoms with Crippen molar-refractivity contribution in [3.8, 4) is 0 Å². The van der Waals surface area contributed by atoms with Crippen LogP contribution in [0.3, 0.4) is 0 Å². The van der Waals surface area contributed by atoms with Gasteiger partial charge in [0.05, 0.1) is 25.4 Å². The van der Waals surface area contributed by atoms with Crippen molar-refractivity contribution < 1.29 is 24.5 Å². The smallest absolute Gasteiger partial charge is 0.305 e. The first kappa shape index (κ1) is 83.1. The molecule has 0 radical (unpaired) electrons. The Kier molecular flexibility index (Phi) is 72.9. The molecule has 0 aromatic carbocycles.